The number of carbonyl (C=O) groups excluding carboxylic acids is 1. The molecule has 98 valence electrons. The van der Waals surface area contributed by atoms with Crippen LogP contribution in [0.25, 0.3) is 0 Å². The van der Waals surface area contributed by atoms with E-state index >= 15 is 0 Å². The molecule has 1 aromatic carbocycles. The third-order valence-corrected chi connectivity index (χ3v) is 4.01. The molecule has 2 rings (SSSR count). The van der Waals surface area contributed by atoms with Gasteiger partial charge in [-0.25, -0.2) is 0 Å². The van der Waals surface area contributed by atoms with Crippen molar-refractivity contribution in [1.29, 1.82) is 0 Å². The molecule has 6 heteroatoms. The Hall–Kier alpha value is -1.08. The van der Waals surface area contributed by atoms with E-state index in [0.29, 0.717) is 5.75 Å². The van der Waals surface area contributed by atoms with Gasteiger partial charge >= 0.3 is 0 Å². The zero-order chi connectivity index (χ0) is 13.1. The molecule has 5 nitrogen and oxygen atoms in total. The second-order valence-corrected chi connectivity index (χ2v) is 5.18. The first-order valence-electron chi connectivity index (χ1n) is 5.77. The van der Waals surface area contributed by atoms with Crippen LogP contribution < -0.4 is 16.4 Å². The maximum Gasteiger partial charge on any atom is 0.234 e. The number of aliphatic hydroxyl groups is 1. The topological polar surface area (TPSA) is 87.4 Å². The molecule has 1 amide bonds. The number of nitrogens with two attached hydrogens (primary N) is 1. The van der Waals surface area contributed by atoms with Gasteiger partial charge in [-0.05, 0) is 24.7 Å². The first-order valence-corrected chi connectivity index (χ1v) is 6.76. The number of anilines is 1. The van der Waals surface area contributed by atoms with Gasteiger partial charge in [-0.3, -0.25) is 4.79 Å². The standard InChI is InChI=1S/C12H17N3O2S/c1-14-12(9(16)5-13)7-2-3-10-8(4-7)15-11(17)6-18-10/h2-4,9,12,14,16H,5-6,13H2,1H3,(H,15,17). The first-order chi connectivity index (χ1) is 8.65. The van der Waals surface area contributed by atoms with Crippen molar-refractivity contribution in [2.45, 2.75) is 17.0 Å². The molecule has 0 saturated heterocycles. The quantitative estimate of drug-likeness (QED) is 0.631. The minimum atomic E-state index is -0.653. The van der Waals surface area contributed by atoms with Crippen molar-refractivity contribution in [2.75, 3.05) is 24.7 Å². The molecular formula is C12H17N3O2S. The molecule has 0 radical (unpaired) electrons. The summed E-state index contributed by atoms with van der Waals surface area (Å²) in [5, 5.41) is 15.7. The molecule has 1 aliphatic rings. The van der Waals surface area contributed by atoms with Crippen LogP contribution in [-0.2, 0) is 4.79 Å². The number of hydrogen-bond donors (Lipinski definition) is 4. The summed E-state index contributed by atoms with van der Waals surface area (Å²) in [5.41, 5.74) is 7.20. The Morgan fingerprint density at radius 2 is 2.39 bits per heavy atom. The lowest BCUT2D eigenvalue weighted by molar-refractivity contribution is -0.113. The van der Waals surface area contributed by atoms with E-state index in [1.54, 1.807) is 7.05 Å². The van der Waals surface area contributed by atoms with Crippen molar-refractivity contribution >= 4 is 23.4 Å². The monoisotopic (exact) mass is 267 g/mol. The van der Waals surface area contributed by atoms with E-state index in [9.17, 15) is 9.90 Å². The van der Waals surface area contributed by atoms with Gasteiger partial charge in [0.05, 0.1) is 23.6 Å². The van der Waals surface area contributed by atoms with Crippen LogP contribution in [0.3, 0.4) is 0 Å². The zero-order valence-corrected chi connectivity index (χ0v) is 11.0. The predicted octanol–water partition coefficient (Wildman–Crippen LogP) is 0.311. The van der Waals surface area contributed by atoms with Gasteiger partial charge in [0.1, 0.15) is 0 Å². The Morgan fingerprint density at radius 3 is 3.06 bits per heavy atom. The van der Waals surface area contributed by atoms with Crippen LogP contribution >= 0.6 is 11.8 Å². The van der Waals surface area contributed by atoms with Gasteiger partial charge in [-0.2, -0.15) is 0 Å². The van der Waals surface area contributed by atoms with Gasteiger partial charge in [0, 0.05) is 11.4 Å². The molecule has 0 spiro atoms. The second kappa shape index (κ2) is 5.71. The van der Waals surface area contributed by atoms with Crippen molar-refractivity contribution in [3.8, 4) is 0 Å². The number of nitrogens with one attached hydrogen (secondary N) is 2. The Balaban J connectivity index is 2.29. The maximum absolute atomic E-state index is 11.3. The first kappa shape index (κ1) is 13.4. The van der Waals surface area contributed by atoms with E-state index in [1.807, 2.05) is 18.2 Å². The number of aliphatic hydroxyl groups excluding tert-OH is 1. The number of amides is 1. The average molecular weight is 267 g/mol. The number of likely N-dealkylation sites (N-methyl/N-ethyl adjacent to an activating group) is 1. The number of hydrogen-bond acceptors (Lipinski definition) is 5. The highest BCUT2D eigenvalue weighted by Crippen LogP contribution is 2.33. The van der Waals surface area contributed by atoms with E-state index < -0.39 is 6.10 Å². The highest BCUT2D eigenvalue weighted by Gasteiger charge is 2.21. The van der Waals surface area contributed by atoms with E-state index in [1.165, 1.54) is 11.8 Å². The largest absolute Gasteiger partial charge is 0.390 e. The van der Waals surface area contributed by atoms with E-state index in [-0.39, 0.29) is 18.5 Å². The lowest BCUT2D eigenvalue weighted by Crippen LogP contribution is -2.35. The number of fused-ring (bicyclic) bond motifs is 1. The number of thioether (sulfide) groups is 1. The highest BCUT2D eigenvalue weighted by atomic mass is 32.2. The van der Waals surface area contributed by atoms with Gasteiger partial charge in [-0.1, -0.05) is 6.07 Å². The van der Waals surface area contributed by atoms with Crippen LogP contribution in [0, 0.1) is 0 Å². The van der Waals surface area contributed by atoms with E-state index in [0.717, 1.165) is 16.1 Å². The minimum absolute atomic E-state index is 0.00466. The normalized spacial score (nSPS) is 17.8. The number of rotatable bonds is 4. The number of benzene rings is 1. The van der Waals surface area contributed by atoms with E-state index in [4.69, 9.17) is 5.73 Å². The van der Waals surface area contributed by atoms with Gasteiger partial charge in [-0.15, -0.1) is 11.8 Å². The molecule has 0 saturated carbocycles. The summed E-state index contributed by atoms with van der Waals surface area (Å²) in [6.45, 7) is 0.184. The Morgan fingerprint density at radius 1 is 1.61 bits per heavy atom. The van der Waals surface area contributed by atoms with Crippen LogP contribution in [0.1, 0.15) is 11.6 Å². The maximum atomic E-state index is 11.3. The lowest BCUT2D eigenvalue weighted by atomic mass is 10.0. The van der Waals surface area contributed by atoms with Crippen LogP contribution in [0.4, 0.5) is 5.69 Å². The minimum Gasteiger partial charge on any atom is -0.390 e. The molecule has 2 unspecified atom stereocenters. The van der Waals surface area contributed by atoms with Gasteiger partial charge in [0.2, 0.25) is 5.91 Å². The summed E-state index contributed by atoms with van der Waals surface area (Å²) in [4.78, 5) is 12.4. The molecule has 0 bridgehead atoms. The Labute approximate surface area is 110 Å². The highest BCUT2D eigenvalue weighted by molar-refractivity contribution is 8.00. The molecule has 2 atom stereocenters. The summed E-state index contributed by atoms with van der Waals surface area (Å²) < 4.78 is 0. The fourth-order valence-electron chi connectivity index (χ4n) is 2.01. The molecule has 18 heavy (non-hydrogen) atoms. The van der Waals surface area contributed by atoms with E-state index in [2.05, 4.69) is 10.6 Å². The average Bonchev–Trinajstić information content (AvgIpc) is 2.38. The molecule has 5 N–H and O–H groups in total. The summed E-state index contributed by atoms with van der Waals surface area (Å²) >= 11 is 1.52. The number of carbonyl (C=O) groups is 1. The van der Waals surface area contributed by atoms with Crippen LogP contribution in [0.15, 0.2) is 23.1 Å². The summed E-state index contributed by atoms with van der Waals surface area (Å²) in [7, 11) is 1.77. The Kier molecular flexibility index (Phi) is 4.23. The predicted molar refractivity (Wildman–Crippen MR) is 72.7 cm³/mol. The van der Waals surface area contributed by atoms with Gasteiger partial charge < -0.3 is 21.5 Å². The van der Waals surface area contributed by atoms with Crippen LogP contribution in [0.2, 0.25) is 0 Å². The summed E-state index contributed by atoms with van der Waals surface area (Å²) in [5.74, 6) is 0.456. The Bertz CT molecular complexity index is 453. The fraction of sp³-hybridized carbons (Fsp3) is 0.417. The van der Waals surface area contributed by atoms with Crippen molar-refractivity contribution in [1.82, 2.24) is 5.32 Å². The van der Waals surface area contributed by atoms with Crippen molar-refractivity contribution in [3.05, 3.63) is 23.8 Å². The van der Waals surface area contributed by atoms with Crippen molar-refractivity contribution < 1.29 is 9.90 Å². The van der Waals surface area contributed by atoms with Gasteiger partial charge in [0.15, 0.2) is 0 Å². The van der Waals surface area contributed by atoms with Crippen LogP contribution in [0.5, 0.6) is 0 Å². The molecule has 0 aliphatic carbocycles. The van der Waals surface area contributed by atoms with Crippen molar-refractivity contribution in [2.24, 2.45) is 5.73 Å². The second-order valence-electron chi connectivity index (χ2n) is 4.16. The molecule has 1 aromatic rings. The molecule has 1 heterocycles. The third-order valence-electron chi connectivity index (χ3n) is 2.93. The van der Waals surface area contributed by atoms with Gasteiger partial charge in [0.25, 0.3) is 0 Å². The summed E-state index contributed by atoms with van der Waals surface area (Å²) in [6.07, 6.45) is -0.653. The zero-order valence-electron chi connectivity index (χ0n) is 10.1. The molecule has 0 fully saturated rings. The molecular weight excluding hydrogens is 250 g/mol. The third kappa shape index (κ3) is 2.67. The SMILES string of the molecule is CNC(c1ccc2c(c1)NC(=O)CS2)C(O)CN. The van der Waals surface area contributed by atoms with Crippen molar-refractivity contribution in [3.63, 3.8) is 0 Å². The van der Waals surface area contributed by atoms with Crippen LogP contribution in [-0.4, -0.2) is 36.5 Å². The molecule has 0 aromatic heterocycles. The molecule has 1 aliphatic heterocycles. The fourth-order valence-corrected chi connectivity index (χ4v) is 2.80. The lowest BCUT2D eigenvalue weighted by Gasteiger charge is -2.24. The summed E-state index contributed by atoms with van der Waals surface area (Å²) in [6, 6.07) is 5.56. The smallest absolute Gasteiger partial charge is 0.234 e.